The Hall–Kier alpha value is -2.51. The van der Waals surface area contributed by atoms with E-state index in [0.717, 1.165) is 11.1 Å². The molecule has 1 amide bonds. The van der Waals surface area contributed by atoms with Crippen molar-refractivity contribution < 1.29 is 69.9 Å². The fraction of sp³-hybridized carbons (Fsp3) is 0.750. The van der Waals surface area contributed by atoms with E-state index >= 15 is 9.13 Å². The number of para-hydroxylation sites is 2. The summed E-state index contributed by atoms with van der Waals surface area (Å²) in [5.74, 6) is 1.04. The second-order valence-corrected chi connectivity index (χ2v) is 25.2. The molecule has 0 saturated heterocycles. The molecule has 1 N–H and O–H groups in total. The summed E-state index contributed by atoms with van der Waals surface area (Å²) in [5, 5.41) is 3.03. The van der Waals surface area contributed by atoms with E-state index in [-0.39, 0.29) is 64.7 Å². The number of rotatable bonds is 38. The molecule has 0 fully saturated rings. The van der Waals surface area contributed by atoms with Crippen LogP contribution in [-0.4, -0.2) is 151 Å². The van der Waals surface area contributed by atoms with Crippen molar-refractivity contribution in [1.82, 2.24) is 15.1 Å². The molecule has 0 bridgehead atoms. The number of carbonyl (C=O) groups is 1. The lowest BCUT2D eigenvalue weighted by Crippen LogP contribution is -2.45. The molecule has 2 aromatic rings. The van der Waals surface area contributed by atoms with Crippen molar-refractivity contribution in [3.63, 3.8) is 0 Å². The van der Waals surface area contributed by atoms with Crippen LogP contribution in [0.2, 0.25) is 0 Å². The Morgan fingerprint density at radius 1 is 0.556 bits per heavy atom. The summed E-state index contributed by atoms with van der Waals surface area (Å²) in [6.07, 6.45) is 1.81. The average molecular weight is 1060 g/mol. The topological polar surface area (TPSA) is 180 Å². The maximum absolute atomic E-state index is 15.5. The van der Waals surface area contributed by atoms with Crippen LogP contribution < -0.4 is 14.8 Å². The Morgan fingerprint density at radius 2 is 0.986 bits per heavy atom. The van der Waals surface area contributed by atoms with Crippen LogP contribution in [0.15, 0.2) is 48.5 Å². The lowest BCUT2D eigenvalue weighted by atomic mass is 10.1. The molecule has 2 rings (SSSR count). The molecule has 20 heteroatoms. The highest BCUT2D eigenvalue weighted by Gasteiger charge is 2.41. The van der Waals surface area contributed by atoms with Gasteiger partial charge in [0.25, 0.3) is 0 Å². The molecule has 0 spiro atoms. The van der Waals surface area contributed by atoms with Gasteiger partial charge in [0.2, 0.25) is 5.91 Å². The molecule has 0 aliphatic heterocycles. The number of nitrogens with one attached hydrogen (secondary N) is 1. The maximum Gasteiger partial charge on any atom is 0.345 e. The zero-order valence-corrected chi connectivity index (χ0v) is 48.3. The van der Waals surface area contributed by atoms with E-state index in [4.69, 9.17) is 56.0 Å². The number of methoxy groups -OCH3 is 3. The molecule has 0 radical (unpaired) electrons. The van der Waals surface area contributed by atoms with Gasteiger partial charge in [-0.25, -0.2) is 0 Å². The zero-order valence-electron chi connectivity index (χ0n) is 46.5. The maximum atomic E-state index is 15.5. The highest BCUT2D eigenvalue weighted by molar-refractivity contribution is 7.54. The van der Waals surface area contributed by atoms with E-state index in [0.29, 0.717) is 76.9 Å². The van der Waals surface area contributed by atoms with Crippen molar-refractivity contribution in [2.24, 2.45) is 0 Å². The predicted molar refractivity (Wildman–Crippen MR) is 282 cm³/mol. The Labute approximate surface area is 433 Å². The van der Waals surface area contributed by atoms with Crippen molar-refractivity contribution in [1.29, 1.82) is 0 Å². The van der Waals surface area contributed by atoms with Crippen LogP contribution in [0.3, 0.4) is 0 Å². The second-order valence-electron chi connectivity index (χ2n) is 21.5. The molecule has 416 valence electrons. The van der Waals surface area contributed by atoms with Crippen LogP contribution >= 0.6 is 15.2 Å². The SMILES string of the molecule is COCCOCCC(=O)NCCCC[C@@H](CN(Cc1ccccc1OCOCCOC)CP(=O)(OC(C)(C)C)OC(C)(C)C)N(Cc1ccccc1OCOCCOC)CP(=O)(OC(C)(C)C)OC(C)(C)C. The average Bonchev–Trinajstić information content (AvgIpc) is 3.23. The molecule has 0 aliphatic rings. The van der Waals surface area contributed by atoms with Gasteiger partial charge >= 0.3 is 15.2 Å². The third-order valence-corrected chi connectivity index (χ3v) is 14.5. The molecule has 72 heavy (non-hydrogen) atoms. The number of carbonyl (C=O) groups excluding carboxylic acids is 1. The van der Waals surface area contributed by atoms with Crippen LogP contribution in [-0.2, 0) is 73.5 Å². The summed E-state index contributed by atoms with van der Waals surface area (Å²) >= 11 is 0. The van der Waals surface area contributed by atoms with Gasteiger partial charge in [0.15, 0.2) is 13.6 Å². The van der Waals surface area contributed by atoms with E-state index in [9.17, 15) is 4.79 Å². The van der Waals surface area contributed by atoms with Gasteiger partial charge in [-0.2, -0.15) is 0 Å². The minimum Gasteiger partial charge on any atom is -0.467 e. The minimum absolute atomic E-state index is 0.0113. The Kier molecular flexibility index (Phi) is 29.9. The summed E-state index contributed by atoms with van der Waals surface area (Å²) in [5.41, 5.74) is -1.77. The Bertz CT molecular complexity index is 1860. The van der Waals surface area contributed by atoms with Gasteiger partial charge in [-0.15, -0.1) is 0 Å². The van der Waals surface area contributed by atoms with Crippen molar-refractivity contribution in [2.75, 3.05) is 107 Å². The van der Waals surface area contributed by atoms with Gasteiger partial charge < -0.3 is 61.3 Å². The van der Waals surface area contributed by atoms with Gasteiger partial charge in [0.05, 0.1) is 68.7 Å². The summed E-state index contributed by atoms with van der Waals surface area (Å²) in [7, 11) is -3.08. The summed E-state index contributed by atoms with van der Waals surface area (Å²) in [6.45, 7) is 26.1. The highest BCUT2D eigenvalue weighted by Crippen LogP contribution is 2.57. The molecule has 0 heterocycles. The lowest BCUT2D eigenvalue weighted by Gasteiger charge is -2.41. The van der Waals surface area contributed by atoms with E-state index in [1.165, 1.54) is 0 Å². The summed E-state index contributed by atoms with van der Waals surface area (Å²) in [6, 6.07) is 14.9. The summed E-state index contributed by atoms with van der Waals surface area (Å²) in [4.78, 5) is 17.0. The third-order valence-electron chi connectivity index (χ3n) is 9.73. The number of benzene rings is 2. The molecule has 0 saturated carbocycles. The van der Waals surface area contributed by atoms with Gasteiger partial charge in [0, 0.05) is 71.1 Å². The molecular weight excluding hydrogens is 969 g/mol. The zero-order chi connectivity index (χ0) is 53.9. The Balaban J connectivity index is 2.86. The number of nitrogens with zero attached hydrogens (tertiary/aromatic N) is 2. The van der Waals surface area contributed by atoms with Crippen molar-refractivity contribution in [3.05, 3.63) is 59.7 Å². The molecule has 1 atom stereocenters. The van der Waals surface area contributed by atoms with E-state index in [1.807, 2.05) is 132 Å². The fourth-order valence-electron chi connectivity index (χ4n) is 7.30. The smallest absolute Gasteiger partial charge is 0.345 e. The quantitative estimate of drug-likeness (QED) is 0.0381. The fourth-order valence-corrected chi connectivity index (χ4v) is 12.4. The minimum atomic E-state index is -3.97. The molecular formula is C52H93N3O15P2. The van der Waals surface area contributed by atoms with Crippen LogP contribution in [0, 0.1) is 0 Å². The molecule has 18 nitrogen and oxygen atoms in total. The monoisotopic (exact) mass is 1060 g/mol. The second kappa shape index (κ2) is 32.8. The van der Waals surface area contributed by atoms with E-state index in [1.54, 1.807) is 21.3 Å². The number of hydrogen-bond acceptors (Lipinski definition) is 17. The van der Waals surface area contributed by atoms with Crippen molar-refractivity contribution in [2.45, 2.75) is 150 Å². The van der Waals surface area contributed by atoms with Gasteiger partial charge in [-0.05, 0) is 108 Å². The van der Waals surface area contributed by atoms with Crippen LogP contribution in [0.4, 0.5) is 0 Å². The van der Waals surface area contributed by atoms with Gasteiger partial charge in [-0.3, -0.25) is 23.7 Å². The highest BCUT2D eigenvalue weighted by atomic mass is 31.2. The predicted octanol–water partition coefficient (Wildman–Crippen LogP) is 10.3. The first-order valence-corrected chi connectivity index (χ1v) is 28.5. The van der Waals surface area contributed by atoms with E-state index in [2.05, 4.69) is 15.1 Å². The normalized spacial score (nSPS) is 13.5. The number of amides is 1. The first-order valence-electron chi connectivity index (χ1n) is 25.0. The third kappa shape index (κ3) is 30.8. The Morgan fingerprint density at radius 3 is 1.44 bits per heavy atom. The molecule has 0 aliphatic carbocycles. The van der Waals surface area contributed by atoms with Gasteiger partial charge in [-0.1, -0.05) is 42.8 Å². The molecule has 2 aromatic carbocycles. The lowest BCUT2D eigenvalue weighted by molar-refractivity contribution is -0.122. The summed E-state index contributed by atoms with van der Waals surface area (Å²) < 4.78 is 101. The van der Waals surface area contributed by atoms with Crippen LogP contribution in [0.1, 0.15) is 120 Å². The number of hydrogen-bond donors (Lipinski definition) is 1. The van der Waals surface area contributed by atoms with Crippen LogP contribution in [0.25, 0.3) is 0 Å². The standard InChI is InChI=1S/C52H93N3O15P2/c1-49(2,3)67-71(57,68-50(4,5)6)39-54(36-43-22-16-18-25-46(43)65-41-63-34-31-60-14)38-45(24-20-21-28-53-48(56)27-29-62-33-30-59-13)55(40-72(58,69-51(7,8)9)70-52(10,11)12)37-44-23-17-19-26-47(44)66-42-64-35-32-61-15/h16-19,22-23,25-26,45H,20-21,24,27-42H2,1-15H3,(H,53,56)/t45-/m0/s1. The molecule has 0 unspecified atom stereocenters. The first-order chi connectivity index (χ1) is 33.7. The molecule has 0 aromatic heterocycles. The van der Waals surface area contributed by atoms with Crippen LogP contribution in [0.5, 0.6) is 11.5 Å². The first kappa shape index (κ1) is 65.6. The van der Waals surface area contributed by atoms with Crippen molar-refractivity contribution in [3.8, 4) is 11.5 Å². The largest absolute Gasteiger partial charge is 0.467 e. The van der Waals surface area contributed by atoms with Crippen molar-refractivity contribution >= 4 is 21.1 Å². The number of ether oxygens (including phenoxy) is 8. The van der Waals surface area contributed by atoms with E-state index < -0.39 is 43.6 Å². The van der Waals surface area contributed by atoms with Gasteiger partial charge in [0.1, 0.15) is 24.1 Å². The number of unbranched alkanes of at least 4 members (excludes halogenated alkanes) is 1.